The standard InChI is InChI=1S/C23H29N5OS/c1-15-9-11-19(12-10-15)28-21-20(16(2)26-28)30-23(25-21)27-13-5-6-17(14-27)22(29)24-18-7-3-4-8-18/h9-12,17-18H,3-8,13-14H2,1-2H3,(H,24,29). The third kappa shape index (κ3) is 3.71. The first-order valence-electron chi connectivity index (χ1n) is 11.1. The quantitative estimate of drug-likeness (QED) is 0.677. The second kappa shape index (κ2) is 8.02. The molecule has 2 fully saturated rings. The van der Waals surface area contributed by atoms with Crippen molar-refractivity contribution in [2.45, 2.75) is 58.4 Å². The molecular weight excluding hydrogens is 394 g/mol. The average molecular weight is 424 g/mol. The molecule has 158 valence electrons. The summed E-state index contributed by atoms with van der Waals surface area (Å²) in [5.74, 6) is 0.288. The zero-order valence-electron chi connectivity index (χ0n) is 17.7. The fourth-order valence-corrected chi connectivity index (χ4v) is 5.70. The number of carbonyl (C=O) groups excluding carboxylic acids is 1. The number of thiazole rings is 1. The molecule has 1 saturated carbocycles. The van der Waals surface area contributed by atoms with Crippen LogP contribution in [-0.4, -0.2) is 39.8 Å². The lowest BCUT2D eigenvalue weighted by molar-refractivity contribution is -0.125. The van der Waals surface area contributed by atoms with Crippen LogP contribution in [-0.2, 0) is 4.79 Å². The van der Waals surface area contributed by atoms with Crippen molar-refractivity contribution >= 4 is 32.7 Å². The van der Waals surface area contributed by atoms with Crippen molar-refractivity contribution in [2.24, 2.45) is 5.92 Å². The van der Waals surface area contributed by atoms with Gasteiger partial charge in [-0.15, -0.1) is 0 Å². The highest BCUT2D eigenvalue weighted by Gasteiger charge is 2.30. The molecule has 6 nitrogen and oxygen atoms in total. The molecular formula is C23H29N5OS. The van der Waals surface area contributed by atoms with Crippen LogP contribution in [0, 0.1) is 19.8 Å². The van der Waals surface area contributed by atoms with E-state index in [2.05, 4.69) is 41.4 Å². The Morgan fingerprint density at radius 1 is 1.10 bits per heavy atom. The Hall–Kier alpha value is -2.41. The largest absolute Gasteiger partial charge is 0.353 e. The van der Waals surface area contributed by atoms with E-state index < -0.39 is 0 Å². The molecule has 3 aromatic rings. The fourth-order valence-electron chi connectivity index (χ4n) is 4.68. The molecule has 1 amide bonds. The normalized spacial score (nSPS) is 20.2. The zero-order valence-corrected chi connectivity index (χ0v) is 18.5. The molecule has 1 saturated heterocycles. The number of carbonyl (C=O) groups is 1. The van der Waals surface area contributed by atoms with E-state index in [1.807, 2.05) is 11.6 Å². The van der Waals surface area contributed by atoms with Gasteiger partial charge in [0.2, 0.25) is 5.91 Å². The first-order chi connectivity index (χ1) is 14.6. The van der Waals surface area contributed by atoms with Crippen LogP contribution in [0.3, 0.4) is 0 Å². The molecule has 1 aromatic carbocycles. The van der Waals surface area contributed by atoms with E-state index in [9.17, 15) is 4.79 Å². The topological polar surface area (TPSA) is 63.1 Å². The molecule has 1 N–H and O–H groups in total. The molecule has 3 heterocycles. The van der Waals surface area contributed by atoms with Gasteiger partial charge < -0.3 is 10.2 Å². The summed E-state index contributed by atoms with van der Waals surface area (Å²) >= 11 is 1.70. The Bertz CT molecular complexity index is 1050. The number of fused-ring (bicyclic) bond motifs is 1. The first-order valence-corrected chi connectivity index (χ1v) is 11.9. The van der Waals surface area contributed by atoms with Crippen molar-refractivity contribution in [3.8, 4) is 5.69 Å². The van der Waals surface area contributed by atoms with Crippen LogP contribution in [0.1, 0.15) is 49.8 Å². The Kier molecular flexibility index (Phi) is 5.23. The van der Waals surface area contributed by atoms with Crippen molar-refractivity contribution in [1.29, 1.82) is 0 Å². The minimum absolute atomic E-state index is 0.0565. The van der Waals surface area contributed by atoms with Crippen molar-refractivity contribution in [3.63, 3.8) is 0 Å². The van der Waals surface area contributed by atoms with E-state index in [1.54, 1.807) is 11.3 Å². The number of amides is 1. The van der Waals surface area contributed by atoms with Crippen LogP contribution in [0.2, 0.25) is 0 Å². The zero-order chi connectivity index (χ0) is 20.7. The van der Waals surface area contributed by atoms with Gasteiger partial charge in [0.15, 0.2) is 10.8 Å². The highest BCUT2D eigenvalue weighted by Crippen LogP contribution is 2.34. The van der Waals surface area contributed by atoms with Crippen LogP contribution in [0.4, 0.5) is 5.13 Å². The monoisotopic (exact) mass is 423 g/mol. The Morgan fingerprint density at radius 2 is 1.87 bits per heavy atom. The molecule has 1 atom stereocenters. The second-order valence-corrected chi connectivity index (χ2v) is 9.73. The van der Waals surface area contributed by atoms with E-state index in [1.165, 1.54) is 18.4 Å². The number of rotatable bonds is 4. The number of piperidine rings is 1. The predicted molar refractivity (Wildman–Crippen MR) is 122 cm³/mol. The third-order valence-corrected chi connectivity index (χ3v) is 7.63. The van der Waals surface area contributed by atoms with Gasteiger partial charge in [0.1, 0.15) is 0 Å². The molecule has 0 spiro atoms. The van der Waals surface area contributed by atoms with E-state index in [4.69, 9.17) is 10.1 Å². The van der Waals surface area contributed by atoms with Gasteiger partial charge in [0.05, 0.1) is 22.0 Å². The number of nitrogens with one attached hydrogen (secondary N) is 1. The molecule has 1 aliphatic heterocycles. The van der Waals surface area contributed by atoms with Crippen LogP contribution in [0.15, 0.2) is 24.3 Å². The van der Waals surface area contributed by atoms with Crippen LogP contribution < -0.4 is 10.2 Å². The van der Waals surface area contributed by atoms with Gasteiger partial charge in [0, 0.05) is 19.1 Å². The summed E-state index contributed by atoms with van der Waals surface area (Å²) in [7, 11) is 0. The van der Waals surface area contributed by atoms with E-state index in [0.717, 1.165) is 65.6 Å². The third-order valence-electron chi connectivity index (χ3n) is 6.42. The maximum absolute atomic E-state index is 12.8. The molecule has 2 aromatic heterocycles. The molecule has 2 aliphatic rings. The summed E-state index contributed by atoms with van der Waals surface area (Å²) in [5, 5.41) is 9.01. The van der Waals surface area contributed by atoms with Gasteiger partial charge in [-0.1, -0.05) is 41.9 Å². The second-order valence-electron chi connectivity index (χ2n) is 8.76. The molecule has 0 bridgehead atoms. The lowest BCUT2D eigenvalue weighted by atomic mass is 9.97. The van der Waals surface area contributed by atoms with Gasteiger partial charge in [0.25, 0.3) is 0 Å². The smallest absolute Gasteiger partial charge is 0.225 e. The van der Waals surface area contributed by atoms with Crippen molar-refractivity contribution < 1.29 is 4.79 Å². The minimum Gasteiger partial charge on any atom is -0.353 e. The van der Waals surface area contributed by atoms with Gasteiger partial charge in [-0.2, -0.15) is 10.1 Å². The summed E-state index contributed by atoms with van der Waals surface area (Å²) in [6, 6.07) is 8.76. The number of nitrogens with zero attached hydrogens (tertiary/aromatic N) is 4. The maximum atomic E-state index is 12.8. The molecule has 0 radical (unpaired) electrons. The summed E-state index contributed by atoms with van der Waals surface area (Å²) in [6.45, 7) is 5.85. The number of anilines is 1. The first kappa shape index (κ1) is 19.5. The maximum Gasteiger partial charge on any atom is 0.225 e. The van der Waals surface area contributed by atoms with Crippen LogP contribution in [0.25, 0.3) is 16.0 Å². The highest BCUT2D eigenvalue weighted by atomic mass is 32.1. The molecule has 1 unspecified atom stereocenters. The van der Waals surface area contributed by atoms with E-state index >= 15 is 0 Å². The van der Waals surface area contributed by atoms with Crippen molar-refractivity contribution in [1.82, 2.24) is 20.1 Å². The summed E-state index contributed by atoms with van der Waals surface area (Å²) < 4.78 is 3.07. The SMILES string of the molecule is Cc1ccc(-n2nc(C)c3sc(N4CCCC(C(=O)NC5CCCC5)C4)nc32)cc1. The molecule has 7 heteroatoms. The van der Waals surface area contributed by atoms with Gasteiger partial charge in [-0.05, 0) is 51.7 Å². The Balaban J connectivity index is 1.37. The predicted octanol–water partition coefficient (Wildman–Crippen LogP) is 4.37. The number of aryl methyl sites for hydroxylation is 2. The number of benzene rings is 1. The Morgan fingerprint density at radius 3 is 2.63 bits per heavy atom. The molecule has 30 heavy (non-hydrogen) atoms. The van der Waals surface area contributed by atoms with Crippen molar-refractivity contribution in [3.05, 3.63) is 35.5 Å². The van der Waals surface area contributed by atoms with Crippen LogP contribution >= 0.6 is 11.3 Å². The van der Waals surface area contributed by atoms with Gasteiger partial charge in [-0.3, -0.25) is 4.79 Å². The number of hydrogen-bond acceptors (Lipinski definition) is 5. The summed E-state index contributed by atoms with van der Waals surface area (Å²) in [6.07, 6.45) is 6.75. The van der Waals surface area contributed by atoms with Gasteiger partial charge >= 0.3 is 0 Å². The highest BCUT2D eigenvalue weighted by molar-refractivity contribution is 7.22. The fraction of sp³-hybridized carbons (Fsp3) is 0.522. The molecule has 5 rings (SSSR count). The Labute approximate surface area is 181 Å². The lowest BCUT2D eigenvalue weighted by Crippen LogP contribution is -2.45. The van der Waals surface area contributed by atoms with E-state index in [0.29, 0.717) is 6.04 Å². The number of aromatic nitrogens is 3. The number of hydrogen-bond donors (Lipinski definition) is 1. The van der Waals surface area contributed by atoms with Gasteiger partial charge in [-0.25, -0.2) is 4.68 Å². The van der Waals surface area contributed by atoms with Crippen LogP contribution in [0.5, 0.6) is 0 Å². The minimum atomic E-state index is 0.0565. The van der Waals surface area contributed by atoms with E-state index in [-0.39, 0.29) is 11.8 Å². The average Bonchev–Trinajstić information content (AvgIpc) is 3.48. The summed E-state index contributed by atoms with van der Waals surface area (Å²) in [4.78, 5) is 20.1. The van der Waals surface area contributed by atoms with Crippen molar-refractivity contribution in [2.75, 3.05) is 18.0 Å². The molecule has 1 aliphatic carbocycles. The lowest BCUT2D eigenvalue weighted by Gasteiger charge is -2.32. The summed E-state index contributed by atoms with van der Waals surface area (Å²) in [5.41, 5.74) is 4.17.